The molecule has 0 radical (unpaired) electrons. The number of aromatic amines is 1. The summed E-state index contributed by atoms with van der Waals surface area (Å²) in [6, 6.07) is 1.94. The third kappa shape index (κ3) is 0.830. The van der Waals surface area contributed by atoms with Gasteiger partial charge in [-0.1, -0.05) is 0 Å². The fraction of sp³-hybridized carbons (Fsp3) is 0.250. The number of nitrogens with one attached hydrogen (secondary N) is 2. The maximum atomic E-state index is 3.90. The van der Waals surface area contributed by atoms with Gasteiger partial charge < -0.3 is 5.23 Å². The molecule has 1 rings (SSSR count). The molecule has 2 N–H and O–H groups in total. The number of H-pyrrole nitrogens is 1. The van der Waals surface area contributed by atoms with E-state index in [2.05, 4.69) is 15.4 Å². The molecule has 0 aromatic carbocycles. The third-order valence-corrected chi connectivity index (χ3v) is 0.975. The standard InChI is InChI=1S/C4H8BN3/c1-3-2-4(6-5)8-7-3/h2H,5H2,1H3,(H2,6,7,8). The summed E-state index contributed by atoms with van der Waals surface area (Å²) in [7, 11) is 1.85. The van der Waals surface area contributed by atoms with Crippen molar-refractivity contribution in [1.82, 2.24) is 10.2 Å². The van der Waals surface area contributed by atoms with Crippen LogP contribution in [0.2, 0.25) is 0 Å². The highest BCUT2D eigenvalue weighted by molar-refractivity contribution is 6.15. The lowest BCUT2D eigenvalue weighted by molar-refractivity contribution is 1.05. The predicted octanol–water partition coefficient (Wildman–Crippen LogP) is -0.322. The molecule has 0 bridgehead atoms. The molecule has 0 spiro atoms. The van der Waals surface area contributed by atoms with Gasteiger partial charge in [0.05, 0.1) is 5.69 Å². The second-order valence-electron chi connectivity index (χ2n) is 1.67. The maximum absolute atomic E-state index is 3.90. The number of aryl methyl sites for hydroxylation is 1. The molecule has 0 saturated carbocycles. The summed E-state index contributed by atoms with van der Waals surface area (Å²) in [6.07, 6.45) is 0. The molecule has 1 aromatic rings. The molecule has 1 heterocycles. The van der Waals surface area contributed by atoms with Crippen molar-refractivity contribution in [3.05, 3.63) is 11.8 Å². The van der Waals surface area contributed by atoms with Crippen LogP contribution in [0.1, 0.15) is 5.69 Å². The van der Waals surface area contributed by atoms with E-state index < -0.39 is 0 Å². The van der Waals surface area contributed by atoms with Gasteiger partial charge >= 0.3 is 0 Å². The lowest BCUT2D eigenvalue weighted by Crippen LogP contribution is -1.88. The van der Waals surface area contributed by atoms with Crippen LogP contribution < -0.4 is 5.23 Å². The minimum Gasteiger partial charge on any atom is -0.420 e. The fourth-order valence-corrected chi connectivity index (χ4v) is 0.550. The molecule has 0 fully saturated rings. The van der Waals surface area contributed by atoms with Crippen LogP contribution in [0.3, 0.4) is 0 Å². The van der Waals surface area contributed by atoms with E-state index in [9.17, 15) is 0 Å². The molecule has 0 aliphatic heterocycles. The number of rotatable bonds is 1. The van der Waals surface area contributed by atoms with Crippen LogP contribution in [-0.4, -0.2) is 18.2 Å². The average Bonchev–Trinajstić information content (AvgIpc) is 2.14. The van der Waals surface area contributed by atoms with Gasteiger partial charge in [0, 0.05) is 6.07 Å². The smallest absolute Gasteiger partial charge is 0.215 e. The van der Waals surface area contributed by atoms with E-state index in [0.29, 0.717) is 0 Å². The van der Waals surface area contributed by atoms with Crippen LogP contribution in [0.15, 0.2) is 6.07 Å². The zero-order chi connectivity index (χ0) is 5.98. The highest BCUT2D eigenvalue weighted by Crippen LogP contribution is 2.00. The minimum atomic E-state index is 0.961. The van der Waals surface area contributed by atoms with E-state index in [4.69, 9.17) is 0 Å². The molecule has 0 atom stereocenters. The van der Waals surface area contributed by atoms with Crippen LogP contribution in [0.4, 0.5) is 5.82 Å². The Hall–Kier alpha value is -0.925. The summed E-state index contributed by atoms with van der Waals surface area (Å²) in [5, 5.41) is 9.62. The van der Waals surface area contributed by atoms with E-state index in [0.717, 1.165) is 11.5 Å². The Morgan fingerprint density at radius 3 is 2.88 bits per heavy atom. The lowest BCUT2D eigenvalue weighted by atomic mass is 10.4. The SMILES string of the molecule is BNc1cc(C)n[nH]1. The van der Waals surface area contributed by atoms with Gasteiger partial charge in [-0.05, 0) is 6.92 Å². The van der Waals surface area contributed by atoms with E-state index in [1.54, 1.807) is 0 Å². The number of hydrogen-bond donors (Lipinski definition) is 2. The molecule has 8 heavy (non-hydrogen) atoms. The van der Waals surface area contributed by atoms with Crippen LogP contribution in [-0.2, 0) is 0 Å². The first-order chi connectivity index (χ1) is 3.83. The molecular weight excluding hydrogens is 101 g/mol. The summed E-state index contributed by atoms with van der Waals surface area (Å²) in [6.45, 7) is 1.94. The number of nitrogens with zero attached hydrogens (tertiary/aromatic N) is 1. The second kappa shape index (κ2) is 1.90. The second-order valence-corrected chi connectivity index (χ2v) is 1.67. The topological polar surface area (TPSA) is 40.7 Å². The fourth-order valence-electron chi connectivity index (χ4n) is 0.550. The molecule has 42 valence electrons. The lowest BCUT2D eigenvalue weighted by Gasteiger charge is -1.86. The van der Waals surface area contributed by atoms with Crippen molar-refractivity contribution in [2.24, 2.45) is 0 Å². The van der Waals surface area contributed by atoms with Crippen LogP contribution in [0.5, 0.6) is 0 Å². The number of hydrogen-bond acceptors (Lipinski definition) is 2. The minimum absolute atomic E-state index is 0.961. The van der Waals surface area contributed by atoms with E-state index in [-0.39, 0.29) is 0 Å². The van der Waals surface area contributed by atoms with Gasteiger partial charge in [0.1, 0.15) is 5.82 Å². The van der Waals surface area contributed by atoms with Gasteiger partial charge in [-0.15, -0.1) is 0 Å². The summed E-state index contributed by atoms with van der Waals surface area (Å²) in [5.74, 6) is 0.961. The molecule has 0 aliphatic rings. The van der Waals surface area contributed by atoms with E-state index in [1.165, 1.54) is 0 Å². The van der Waals surface area contributed by atoms with Crippen LogP contribution in [0, 0.1) is 6.92 Å². The highest BCUT2D eigenvalue weighted by Gasteiger charge is 1.88. The average molecular weight is 109 g/mol. The first kappa shape index (κ1) is 5.22. The van der Waals surface area contributed by atoms with Gasteiger partial charge in [0.2, 0.25) is 7.98 Å². The van der Waals surface area contributed by atoms with Crippen molar-refractivity contribution >= 4 is 13.8 Å². The van der Waals surface area contributed by atoms with Gasteiger partial charge in [-0.25, -0.2) is 0 Å². The van der Waals surface area contributed by atoms with E-state index >= 15 is 0 Å². The van der Waals surface area contributed by atoms with Crippen molar-refractivity contribution < 1.29 is 0 Å². The molecular formula is C4H8BN3. The summed E-state index contributed by atoms with van der Waals surface area (Å²) >= 11 is 0. The monoisotopic (exact) mass is 109 g/mol. The molecule has 0 aliphatic carbocycles. The Balaban J connectivity index is 2.84. The molecule has 4 heteroatoms. The summed E-state index contributed by atoms with van der Waals surface area (Å²) in [5.41, 5.74) is 1.01. The third-order valence-electron chi connectivity index (χ3n) is 0.975. The van der Waals surface area contributed by atoms with Crippen LogP contribution >= 0.6 is 0 Å². The summed E-state index contributed by atoms with van der Waals surface area (Å²) in [4.78, 5) is 0. The van der Waals surface area contributed by atoms with Crippen molar-refractivity contribution in [3.63, 3.8) is 0 Å². The molecule has 0 unspecified atom stereocenters. The van der Waals surface area contributed by atoms with Crippen LogP contribution in [0.25, 0.3) is 0 Å². The van der Waals surface area contributed by atoms with Gasteiger partial charge in [-0.3, -0.25) is 5.10 Å². The molecule has 0 saturated heterocycles. The quantitative estimate of drug-likeness (QED) is 0.485. The zero-order valence-corrected chi connectivity index (χ0v) is 5.02. The van der Waals surface area contributed by atoms with Gasteiger partial charge in [0.15, 0.2) is 0 Å². The zero-order valence-electron chi connectivity index (χ0n) is 5.02. The number of anilines is 1. The molecule has 1 aromatic heterocycles. The van der Waals surface area contributed by atoms with Gasteiger partial charge in [0.25, 0.3) is 0 Å². The Kier molecular flexibility index (Phi) is 1.24. The Labute approximate surface area is 48.9 Å². The highest BCUT2D eigenvalue weighted by atomic mass is 15.2. The first-order valence-electron chi connectivity index (χ1n) is 2.52. The van der Waals surface area contributed by atoms with Crippen molar-refractivity contribution in [3.8, 4) is 0 Å². The Bertz CT molecular complexity index is 172. The normalized spacial score (nSPS) is 9.12. The van der Waals surface area contributed by atoms with Crippen molar-refractivity contribution in [2.75, 3.05) is 5.23 Å². The largest absolute Gasteiger partial charge is 0.420 e. The maximum Gasteiger partial charge on any atom is 0.215 e. The molecule has 3 nitrogen and oxygen atoms in total. The van der Waals surface area contributed by atoms with Gasteiger partial charge in [-0.2, -0.15) is 5.10 Å². The Morgan fingerprint density at radius 2 is 2.62 bits per heavy atom. The van der Waals surface area contributed by atoms with Crippen molar-refractivity contribution in [2.45, 2.75) is 6.92 Å². The van der Waals surface area contributed by atoms with E-state index in [1.807, 2.05) is 21.0 Å². The molecule has 0 amide bonds. The first-order valence-corrected chi connectivity index (χ1v) is 2.52. The summed E-state index contributed by atoms with van der Waals surface area (Å²) < 4.78 is 0. The Morgan fingerprint density at radius 1 is 1.88 bits per heavy atom. The predicted molar refractivity (Wildman–Crippen MR) is 35.5 cm³/mol. The van der Waals surface area contributed by atoms with Crippen molar-refractivity contribution in [1.29, 1.82) is 0 Å². The number of aromatic nitrogens is 2.